The topological polar surface area (TPSA) is 50.5 Å². The van der Waals surface area contributed by atoms with E-state index in [9.17, 15) is 0 Å². The van der Waals surface area contributed by atoms with Crippen molar-refractivity contribution < 1.29 is 20.1 Å². The summed E-state index contributed by atoms with van der Waals surface area (Å²) in [6.07, 6.45) is 2.12. The molecule has 0 spiro atoms. The molecule has 2 aromatic rings. The summed E-state index contributed by atoms with van der Waals surface area (Å²) in [6, 6.07) is 14.0. The van der Waals surface area contributed by atoms with Gasteiger partial charge in [0.25, 0.3) is 0 Å². The number of aryl methyl sites for hydroxylation is 1. The van der Waals surface area contributed by atoms with Gasteiger partial charge in [-0.25, -0.2) is 0 Å². The molecule has 0 radical (unpaired) electrons. The number of benzene rings is 2. The van der Waals surface area contributed by atoms with Crippen LogP contribution in [0.25, 0.3) is 0 Å². The molecule has 3 atom stereocenters. The molecule has 140 valence electrons. The smallest absolute Gasteiger partial charge is 0.166 e. The molecule has 0 amide bonds. The van der Waals surface area contributed by atoms with Gasteiger partial charge in [0.15, 0.2) is 17.5 Å². The summed E-state index contributed by atoms with van der Waals surface area (Å²) in [6.45, 7) is 6.52. The molecule has 2 aromatic carbocycles. The molecule has 0 aromatic heterocycles. The van der Waals surface area contributed by atoms with Crippen molar-refractivity contribution in [1.29, 1.82) is 0 Å². The molecule has 1 aliphatic rings. The van der Waals surface area contributed by atoms with Crippen molar-refractivity contribution >= 4 is 0 Å². The Morgan fingerprint density at radius 2 is 1.77 bits per heavy atom. The second-order valence-corrected chi connectivity index (χ2v) is 7.37. The van der Waals surface area contributed by atoms with E-state index in [0.717, 1.165) is 37.4 Å². The Morgan fingerprint density at radius 1 is 1.12 bits per heavy atom. The van der Waals surface area contributed by atoms with E-state index < -0.39 is 0 Å². The van der Waals surface area contributed by atoms with Crippen molar-refractivity contribution in [2.24, 2.45) is 0 Å². The Labute approximate surface area is 156 Å². The highest BCUT2D eigenvalue weighted by molar-refractivity contribution is 5.49. The molecule has 1 unspecified atom stereocenters. The number of hydrogen-bond acceptors (Lipinski definition) is 2. The van der Waals surface area contributed by atoms with Crippen LogP contribution in [0.4, 0.5) is 0 Å². The lowest BCUT2D eigenvalue weighted by Gasteiger charge is -2.36. The minimum atomic E-state index is 0.368. The van der Waals surface area contributed by atoms with Crippen LogP contribution in [-0.2, 0) is 13.0 Å². The Bertz CT molecular complexity index is 743. The lowest BCUT2D eigenvalue weighted by Crippen LogP contribution is -3.14. The first-order valence-corrected chi connectivity index (χ1v) is 9.55. The quantitative estimate of drug-likeness (QED) is 0.828. The number of fused-ring (bicyclic) bond motifs is 1. The minimum Gasteiger partial charge on any atom is -0.493 e. The zero-order valence-electron chi connectivity index (χ0n) is 16.5. The molecule has 0 fully saturated rings. The van der Waals surface area contributed by atoms with E-state index >= 15 is 0 Å². The molecule has 4 heteroatoms. The van der Waals surface area contributed by atoms with Crippen LogP contribution >= 0.6 is 0 Å². The fraction of sp³-hybridized carbons (Fsp3) is 0.455. The van der Waals surface area contributed by atoms with Gasteiger partial charge in [-0.05, 0) is 24.6 Å². The number of rotatable bonds is 6. The van der Waals surface area contributed by atoms with Crippen LogP contribution in [0.15, 0.2) is 36.4 Å². The number of ether oxygens (including phenoxy) is 2. The highest BCUT2D eigenvalue weighted by Crippen LogP contribution is 2.35. The fourth-order valence-corrected chi connectivity index (χ4v) is 4.10. The maximum atomic E-state index is 5.58. The SMILES string of the molecule is CC[C@H]([NH3+])[C@H]1c2cc(OC)c(OC)cc2CC[NH+]1Cc1ccc(C)cc1. The maximum absolute atomic E-state index is 5.58. The van der Waals surface area contributed by atoms with Crippen LogP contribution < -0.4 is 20.1 Å². The Kier molecular flexibility index (Phi) is 5.84. The average molecular weight is 357 g/mol. The molecular formula is C22H32N2O2+2. The molecule has 4 N–H and O–H groups in total. The van der Waals surface area contributed by atoms with Crippen LogP contribution in [0.1, 0.15) is 41.6 Å². The van der Waals surface area contributed by atoms with Crippen molar-refractivity contribution in [3.63, 3.8) is 0 Å². The van der Waals surface area contributed by atoms with Crippen LogP contribution in [-0.4, -0.2) is 26.8 Å². The summed E-state index contributed by atoms with van der Waals surface area (Å²) >= 11 is 0. The zero-order valence-corrected chi connectivity index (χ0v) is 16.5. The van der Waals surface area contributed by atoms with Gasteiger partial charge < -0.3 is 20.1 Å². The molecule has 0 aliphatic carbocycles. The molecule has 3 rings (SSSR count). The van der Waals surface area contributed by atoms with E-state index in [0.29, 0.717) is 12.1 Å². The first-order valence-electron chi connectivity index (χ1n) is 9.55. The molecule has 0 saturated heterocycles. The molecular weight excluding hydrogens is 324 g/mol. The predicted molar refractivity (Wildman–Crippen MR) is 104 cm³/mol. The molecule has 4 nitrogen and oxygen atoms in total. The van der Waals surface area contributed by atoms with Crippen LogP contribution in [0.5, 0.6) is 11.5 Å². The number of nitrogens with one attached hydrogen (secondary N) is 1. The van der Waals surface area contributed by atoms with E-state index in [1.54, 1.807) is 19.1 Å². The highest BCUT2D eigenvalue weighted by atomic mass is 16.5. The standard InChI is InChI=1S/C22H30N2O2/c1-5-19(23)22-18-13-21(26-4)20(25-3)12-17(18)10-11-24(22)14-16-8-6-15(2)7-9-16/h6-9,12-13,19,22H,5,10-11,14,23H2,1-4H3/p+2/t19-,22+/m0/s1. The molecule has 0 saturated carbocycles. The van der Waals surface area contributed by atoms with Gasteiger partial charge in [0.2, 0.25) is 0 Å². The Morgan fingerprint density at radius 3 is 2.38 bits per heavy atom. The average Bonchev–Trinajstić information content (AvgIpc) is 2.67. The van der Waals surface area contributed by atoms with Crippen LogP contribution in [0.3, 0.4) is 0 Å². The molecule has 0 bridgehead atoms. The molecule has 26 heavy (non-hydrogen) atoms. The minimum absolute atomic E-state index is 0.368. The Hall–Kier alpha value is -2.04. The monoisotopic (exact) mass is 356 g/mol. The Balaban J connectivity index is 1.96. The van der Waals surface area contributed by atoms with Crippen molar-refractivity contribution in [2.45, 2.75) is 45.3 Å². The van der Waals surface area contributed by atoms with Gasteiger partial charge in [0.1, 0.15) is 12.6 Å². The first-order chi connectivity index (χ1) is 12.6. The lowest BCUT2D eigenvalue weighted by atomic mass is 9.86. The third-order valence-corrected chi connectivity index (χ3v) is 5.68. The van der Waals surface area contributed by atoms with E-state index in [2.05, 4.69) is 56.0 Å². The summed E-state index contributed by atoms with van der Waals surface area (Å²) in [5.41, 5.74) is 9.94. The highest BCUT2D eigenvalue weighted by Gasteiger charge is 2.38. The summed E-state index contributed by atoms with van der Waals surface area (Å²) in [7, 11) is 3.41. The maximum Gasteiger partial charge on any atom is 0.166 e. The zero-order chi connectivity index (χ0) is 18.7. The van der Waals surface area contributed by atoms with Crippen molar-refractivity contribution in [3.05, 3.63) is 58.7 Å². The van der Waals surface area contributed by atoms with Crippen molar-refractivity contribution in [3.8, 4) is 11.5 Å². The van der Waals surface area contributed by atoms with Gasteiger partial charge in [0.05, 0.1) is 20.8 Å². The van der Waals surface area contributed by atoms with Gasteiger partial charge in [-0.2, -0.15) is 0 Å². The summed E-state index contributed by atoms with van der Waals surface area (Å²) in [5, 5.41) is 0. The second-order valence-electron chi connectivity index (χ2n) is 7.37. The van der Waals surface area contributed by atoms with Crippen molar-refractivity contribution in [1.82, 2.24) is 0 Å². The van der Waals surface area contributed by atoms with Crippen LogP contribution in [0, 0.1) is 6.92 Å². The fourth-order valence-electron chi connectivity index (χ4n) is 4.10. The third kappa shape index (κ3) is 3.71. The van der Waals surface area contributed by atoms with E-state index in [1.807, 2.05) is 0 Å². The normalized spacial score (nSPS) is 20.3. The number of quaternary nitrogens is 2. The van der Waals surface area contributed by atoms with Gasteiger partial charge in [-0.3, -0.25) is 0 Å². The predicted octanol–water partition coefficient (Wildman–Crippen LogP) is 1.72. The lowest BCUT2D eigenvalue weighted by molar-refractivity contribution is -0.957. The van der Waals surface area contributed by atoms with E-state index in [1.165, 1.54) is 22.3 Å². The van der Waals surface area contributed by atoms with Crippen molar-refractivity contribution in [2.75, 3.05) is 20.8 Å². The summed E-state index contributed by atoms with van der Waals surface area (Å²) in [4.78, 5) is 1.59. The van der Waals surface area contributed by atoms with Gasteiger partial charge in [-0.1, -0.05) is 36.8 Å². The first kappa shape index (κ1) is 18.7. The largest absolute Gasteiger partial charge is 0.493 e. The number of hydrogen-bond donors (Lipinski definition) is 2. The molecule has 1 aliphatic heterocycles. The molecule has 1 heterocycles. The van der Waals surface area contributed by atoms with Gasteiger partial charge >= 0.3 is 0 Å². The summed E-state index contributed by atoms with van der Waals surface area (Å²) < 4.78 is 11.1. The second kappa shape index (κ2) is 8.11. The van der Waals surface area contributed by atoms with Gasteiger partial charge in [-0.15, -0.1) is 0 Å². The van der Waals surface area contributed by atoms with Crippen LogP contribution in [0.2, 0.25) is 0 Å². The third-order valence-electron chi connectivity index (χ3n) is 5.68. The van der Waals surface area contributed by atoms with E-state index in [-0.39, 0.29) is 0 Å². The van der Waals surface area contributed by atoms with E-state index in [4.69, 9.17) is 9.47 Å². The summed E-state index contributed by atoms with van der Waals surface area (Å²) in [5.74, 6) is 1.64. The number of methoxy groups -OCH3 is 2. The van der Waals surface area contributed by atoms with Gasteiger partial charge in [0, 0.05) is 24.0 Å².